The normalized spacial score (nSPS) is 11.5. The Hall–Kier alpha value is -3.60. The Morgan fingerprint density at radius 3 is 2.45 bits per heavy atom. The summed E-state index contributed by atoms with van der Waals surface area (Å²) in [6.07, 6.45) is 0. The van der Waals surface area contributed by atoms with Crippen molar-refractivity contribution in [3.05, 3.63) is 106 Å². The van der Waals surface area contributed by atoms with Crippen LogP contribution < -0.4 is 0 Å². The summed E-state index contributed by atoms with van der Waals surface area (Å²) in [5.41, 5.74) is 4.87. The van der Waals surface area contributed by atoms with Crippen LogP contribution in [-0.2, 0) is 0 Å². The highest BCUT2D eigenvalue weighted by atomic mass is 35.5. The fourth-order valence-corrected chi connectivity index (χ4v) is 5.49. The predicted molar refractivity (Wildman–Crippen MR) is 137 cm³/mol. The highest BCUT2D eigenvalue weighted by molar-refractivity contribution is 7.20. The van der Waals surface area contributed by atoms with Crippen molar-refractivity contribution in [2.75, 3.05) is 0 Å². The zero-order valence-electron chi connectivity index (χ0n) is 17.7. The summed E-state index contributed by atoms with van der Waals surface area (Å²) in [5.74, 6) is -0.0483. The van der Waals surface area contributed by atoms with E-state index in [9.17, 15) is 4.79 Å². The lowest BCUT2D eigenvalue weighted by atomic mass is 9.91. The van der Waals surface area contributed by atoms with Crippen molar-refractivity contribution in [1.29, 1.82) is 0 Å². The second-order valence-electron chi connectivity index (χ2n) is 7.99. The van der Waals surface area contributed by atoms with Crippen LogP contribution in [0.15, 0.2) is 84.9 Å². The Balaban J connectivity index is 1.61. The van der Waals surface area contributed by atoms with Crippen LogP contribution in [0.25, 0.3) is 43.1 Å². The van der Waals surface area contributed by atoms with E-state index in [1.165, 1.54) is 11.3 Å². The molecule has 6 aromatic rings. The first-order chi connectivity index (χ1) is 16.1. The van der Waals surface area contributed by atoms with Crippen LogP contribution in [0.2, 0.25) is 5.02 Å². The van der Waals surface area contributed by atoms with E-state index in [-0.39, 0.29) is 5.78 Å². The highest BCUT2D eigenvalue weighted by Crippen LogP contribution is 2.37. The summed E-state index contributed by atoms with van der Waals surface area (Å²) in [6.45, 7) is 1.90. The van der Waals surface area contributed by atoms with Crippen molar-refractivity contribution < 1.29 is 4.79 Å². The number of carbonyl (C=O) groups is 1. The maximum Gasteiger partial charge on any atom is 0.205 e. The molecule has 0 spiro atoms. The molecule has 3 aromatic carbocycles. The molecule has 0 aliphatic heterocycles. The van der Waals surface area contributed by atoms with Gasteiger partial charge in [-0.2, -0.15) is 0 Å². The summed E-state index contributed by atoms with van der Waals surface area (Å²) in [7, 11) is 0. The monoisotopic (exact) mass is 464 g/mol. The van der Waals surface area contributed by atoms with E-state index in [2.05, 4.69) is 6.07 Å². The Bertz CT molecular complexity index is 1650. The van der Waals surface area contributed by atoms with Gasteiger partial charge in [-0.3, -0.25) is 9.78 Å². The third-order valence-electron chi connectivity index (χ3n) is 5.85. The van der Waals surface area contributed by atoms with E-state index in [1.807, 2.05) is 85.8 Å². The Morgan fingerprint density at radius 2 is 1.61 bits per heavy atom. The summed E-state index contributed by atoms with van der Waals surface area (Å²) in [5, 5.41) is 3.51. The van der Waals surface area contributed by atoms with Crippen molar-refractivity contribution in [3.63, 3.8) is 0 Å². The molecule has 0 amide bonds. The van der Waals surface area contributed by atoms with E-state index in [4.69, 9.17) is 21.6 Å². The number of carbonyl (C=O) groups excluding carboxylic acids is 1. The maximum absolute atomic E-state index is 14.0. The number of nitrogens with zero attached hydrogens (tertiary/aromatic N) is 2. The first kappa shape index (κ1) is 20.0. The van der Waals surface area contributed by atoms with Gasteiger partial charge in [-0.05, 0) is 48.9 Å². The minimum absolute atomic E-state index is 0.0483. The van der Waals surface area contributed by atoms with Gasteiger partial charge in [0.1, 0.15) is 4.83 Å². The number of pyridine rings is 2. The Kier molecular flexibility index (Phi) is 4.72. The van der Waals surface area contributed by atoms with Gasteiger partial charge < -0.3 is 0 Å². The topological polar surface area (TPSA) is 42.9 Å². The summed E-state index contributed by atoms with van der Waals surface area (Å²) in [4.78, 5) is 25.0. The summed E-state index contributed by atoms with van der Waals surface area (Å²) in [6, 6.07) is 27.6. The smallest absolute Gasteiger partial charge is 0.205 e. The second-order valence-corrected chi connectivity index (χ2v) is 9.46. The van der Waals surface area contributed by atoms with E-state index < -0.39 is 0 Å². The Morgan fingerprint density at radius 1 is 0.818 bits per heavy atom. The SMILES string of the molecule is Cc1nc2ccc(Cl)cc2c(-c2ccccc2)c1C(=O)c1cc2cc3ccccc3nc2s1. The van der Waals surface area contributed by atoms with E-state index in [0.29, 0.717) is 21.2 Å². The fourth-order valence-electron chi connectivity index (χ4n) is 4.35. The molecule has 158 valence electrons. The van der Waals surface area contributed by atoms with Crippen LogP contribution >= 0.6 is 22.9 Å². The number of hydrogen-bond donors (Lipinski definition) is 0. The molecule has 6 rings (SSSR count). The number of aryl methyl sites for hydroxylation is 1. The second kappa shape index (κ2) is 7.77. The van der Waals surface area contributed by atoms with Crippen LogP contribution in [-0.4, -0.2) is 15.8 Å². The maximum atomic E-state index is 14.0. The van der Waals surface area contributed by atoms with E-state index in [1.54, 1.807) is 0 Å². The lowest BCUT2D eigenvalue weighted by Gasteiger charge is -2.15. The molecule has 0 saturated carbocycles. The van der Waals surface area contributed by atoms with Crippen LogP contribution in [0, 0.1) is 6.92 Å². The third-order valence-corrected chi connectivity index (χ3v) is 7.13. The van der Waals surface area contributed by atoms with Gasteiger partial charge in [-0.25, -0.2) is 4.98 Å². The van der Waals surface area contributed by atoms with Gasteiger partial charge in [0.25, 0.3) is 0 Å². The fraction of sp³-hybridized carbons (Fsp3) is 0.0357. The summed E-state index contributed by atoms with van der Waals surface area (Å²) >= 11 is 7.77. The molecule has 3 aromatic heterocycles. The molecule has 0 fully saturated rings. The molecule has 0 aliphatic rings. The largest absolute Gasteiger partial charge is 0.288 e. The van der Waals surface area contributed by atoms with Gasteiger partial charge in [0.05, 0.1) is 21.5 Å². The first-order valence-electron chi connectivity index (χ1n) is 10.6. The van der Waals surface area contributed by atoms with E-state index >= 15 is 0 Å². The number of fused-ring (bicyclic) bond motifs is 3. The molecular formula is C28H17ClN2OS. The van der Waals surface area contributed by atoms with Crippen LogP contribution in [0.4, 0.5) is 0 Å². The van der Waals surface area contributed by atoms with Crippen LogP contribution in [0.3, 0.4) is 0 Å². The highest BCUT2D eigenvalue weighted by Gasteiger charge is 2.23. The molecule has 0 saturated heterocycles. The zero-order valence-corrected chi connectivity index (χ0v) is 19.2. The molecule has 0 N–H and O–H groups in total. The molecule has 33 heavy (non-hydrogen) atoms. The lowest BCUT2D eigenvalue weighted by molar-refractivity contribution is 0.104. The minimum Gasteiger partial charge on any atom is -0.288 e. The van der Waals surface area contributed by atoms with Crippen molar-refractivity contribution in [3.8, 4) is 11.1 Å². The van der Waals surface area contributed by atoms with Gasteiger partial charge in [-0.1, -0.05) is 60.1 Å². The molecule has 5 heteroatoms. The predicted octanol–water partition coefficient (Wildman–Crippen LogP) is 7.86. The molecule has 3 heterocycles. The van der Waals surface area contributed by atoms with Crippen molar-refractivity contribution in [1.82, 2.24) is 9.97 Å². The summed E-state index contributed by atoms with van der Waals surface area (Å²) < 4.78 is 0. The van der Waals surface area contributed by atoms with Gasteiger partial charge in [0.15, 0.2) is 0 Å². The van der Waals surface area contributed by atoms with Gasteiger partial charge in [-0.15, -0.1) is 11.3 Å². The molecule has 0 radical (unpaired) electrons. The van der Waals surface area contributed by atoms with Crippen molar-refractivity contribution in [2.24, 2.45) is 0 Å². The average Bonchev–Trinajstić information content (AvgIpc) is 3.25. The van der Waals surface area contributed by atoms with Crippen molar-refractivity contribution >= 4 is 60.7 Å². The molecule has 0 aliphatic carbocycles. The minimum atomic E-state index is -0.0483. The van der Waals surface area contributed by atoms with Gasteiger partial charge in [0.2, 0.25) is 5.78 Å². The van der Waals surface area contributed by atoms with E-state index in [0.717, 1.165) is 43.1 Å². The molecule has 0 unspecified atom stereocenters. The molecular weight excluding hydrogens is 448 g/mol. The number of benzene rings is 3. The lowest BCUT2D eigenvalue weighted by Crippen LogP contribution is -2.07. The number of hydrogen-bond acceptors (Lipinski definition) is 4. The van der Waals surface area contributed by atoms with Crippen molar-refractivity contribution in [2.45, 2.75) is 6.92 Å². The van der Waals surface area contributed by atoms with Crippen LogP contribution in [0.1, 0.15) is 20.9 Å². The van der Waals surface area contributed by atoms with Gasteiger partial charge >= 0.3 is 0 Å². The number of ketones is 1. The molecule has 0 bridgehead atoms. The number of para-hydroxylation sites is 1. The quantitative estimate of drug-likeness (QED) is 0.250. The van der Waals surface area contributed by atoms with Crippen LogP contribution in [0.5, 0.6) is 0 Å². The number of rotatable bonds is 3. The molecule has 0 atom stereocenters. The number of thiophene rings is 1. The zero-order chi connectivity index (χ0) is 22.5. The third kappa shape index (κ3) is 3.39. The number of aromatic nitrogens is 2. The average molecular weight is 465 g/mol. The standard InChI is InChI=1S/C28H17ClN2OS/c1-16-25(26(17-7-3-2-4-8-17)21-15-20(29)11-12-23(21)30-16)27(32)24-14-19-13-18-9-5-6-10-22(18)31-28(19)33-24/h2-15H,1H3. The first-order valence-corrected chi connectivity index (χ1v) is 11.8. The Labute approximate surface area is 199 Å². The molecule has 3 nitrogen and oxygen atoms in total. The number of halogens is 1. The van der Waals surface area contributed by atoms with Gasteiger partial charge in [0, 0.05) is 32.4 Å².